The molecule has 1 saturated heterocycles. The van der Waals surface area contributed by atoms with E-state index in [1.165, 1.54) is 6.92 Å². The minimum absolute atomic E-state index is 0.107. The third kappa shape index (κ3) is 2.75. The maximum absolute atomic E-state index is 11.8. The minimum atomic E-state index is -1.36. The lowest BCUT2D eigenvalue weighted by Gasteiger charge is -2.29. The Balaban J connectivity index is 2.73. The number of likely N-dealkylation sites (tertiary alicyclic amines) is 1. The van der Waals surface area contributed by atoms with Gasteiger partial charge in [-0.2, -0.15) is 0 Å². The summed E-state index contributed by atoms with van der Waals surface area (Å²) in [6.07, 6.45) is 0.226. The summed E-state index contributed by atoms with van der Waals surface area (Å²) in [4.78, 5) is 34.9. The maximum atomic E-state index is 11.8. The Labute approximate surface area is 99.5 Å². The van der Waals surface area contributed by atoms with E-state index in [4.69, 9.17) is 9.84 Å². The standard InChI is InChI=1S/C11H17NO5/c1-3-4-5-17-9(14)11(2)6-8(13)7-12(11)10(15)16/h3-7H2,1-2H3,(H,15,16). The quantitative estimate of drug-likeness (QED) is 0.589. The van der Waals surface area contributed by atoms with E-state index in [1.807, 2.05) is 6.92 Å². The second-order valence-electron chi connectivity index (χ2n) is 4.35. The molecule has 0 saturated carbocycles. The van der Waals surface area contributed by atoms with E-state index in [2.05, 4.69) is 0 Å². The molecule has 0 aromatic carbocycles. The summed E-state index contributed by atoms with van der Waals surface area (Å²) in [6.45, 7) is 3.40. The number of Topliss-reactive ketones (excluding diaryl/α,β-unsaturated/α-hetero) is 1. The summed E-state index contributed by atoms with van der Waals surface area (Å²) in [5.74, 6) is -0.901. The van der Waals surface area contributed by atoms with Gasteiger partial charge in [-0.3, -0.25) is 9.69 Å². The molecule has 17 heavy (non-hydrogen) atoms. The number of carbonyl (C=O) groups is 3. The number of amides is 1. The van der Waals surface area contributed by atoms with Gasteiger partial charge in [0.1, 0.15) is 5.54 Å². The van der Waals surface area contributed by atoms with E-state index in [9.17, 15) is 14.4 Å². The van der Waals surface area contributed by atoms with Crippen LogP contribution in [0.2, 0.25) is 0 Å². The Morgan fingerprint density at radius 1 is 1.53 bits per heavy atom. The third-order valence-corrected chi connectivity index (χ3v) is 2.87. The molecule has 0 bridgehead atoms. The minimum Gasteiger partial charge on any atom is -0.465 e. The Morgan fingerprint density at radius 2 is 2.18 bits per heavy atom. The van der Waals surface area contributed by atoms with Crippen LogP contribution in [0.3, 0.4) is 0 Å². The van der Waals surface area contributed by atoms with Crippen molar-refractivity contribution in [1.29, 1.82) is 0 Å². The van der Waals surface area contributed by atoms with Gasteiger partial charge in [-0.05, 0) is 13.3 Å². The van der Waals surface area contributed by atoms with E-state index in [1.54, 1.807) is 0 Å². The summed E-state index contributed by atoms with van der Waals surface area (Å²) in [5, 5.41) is 8.95. The SMILES string of the molecule is CCCCOC(=O)C1(C)CC(=O)CN1C(=O)O. The van der Waals surface area contributed by atoms with Crippen LogP contribution < -0.4 is 0 Å². The number of hydrogen-bond acceptors (Lipinski definition) is 4. The second-order valence-corrected chi connectivity index (χ2v) is 4.35. The summed E-state index contributed by atoms with van der Waals surface area (Å²) in [7, 11) is 0. The van der Waals surface area contributed by atoms with Crippen LogP contribution in [0.4, 0.5) is 4.79 Å². The van der Waals surface area contributed by atoms with Gasteiger partial charge in [0.05, 0.1) is 13.2 Å². The highest BCUT2D eigenvalue weighted by Gasteiger charge is 2.51. The molecule has 1 rings (SSSR count). The van der Waals surface area contributed by atoms with E-state index in [0.29, 0.717) is 0 Å². The van der Waals surface area contributed by atoms with Crippen LogP contribution in [0.25, 0.3) is 0 Å². The number of ketones is 1. The zero-order valence-electron chi connectivity index (χ0n) is 10.1. The molecular formula is C11H17NO5. The molecule has 6 nitrogen and oxygen atoms in total. The normalized spacial score (nSPS) is 23.9. The molecular weight excluding hydrogens is 226 g/mol. The topological polar surface area (TPSA) is 83.9 Å². The van der Waals surface area contributed by atoms with E-state index >= 15 is 0 Å². The van der Waals surface area contributed by atoms with Gasteiger partial charge in [0.25, 0.3) is 0 Å². The molecule has 1 aliphatic heterocycles. The number of esters is 1. The molecule has 6 heteroatoms. The van der Waals surface area contributed by atoms with Crippen LogP contribution in [-0.4, -0.2) is 46.5 Å². The van der Waals surface area contributed by atoms with Gasteiger partial charge in [-0.25, -0.2) is 9.59 Å². The van der Waals surface area contributed by atoms with E-state index in [0.717, 1.165) is 17.7 Å². The highest BCUT2D eigenvalue weighted by molar-refractivity contribution is 5.98. The first kappa shape index (κ1) is 13.5. The largest absolute Gasteiger partial charge is 0.465 e. The van der Waals surface area contributed by atoms with Crippen molar-refractivity contribution in [3.8, 4) is 0 Å². The molecule has 1 fully saturated rings. The van der Waals surface area contributed by atoms with Crippen LogP contribution in [-0.2, 0) is 14.3 Å². The molecule has 0 aromatic rings. The Morgan fingerprint density at radius 3 is 2.71 bits per heavy atom. The zero-order chi connectivity index (χ0) is 13.1. The summed E-state index contributed by atoms with van der Waals surface area (Å²) in [5.41, 5.74) is -1.36. The summed E-state index contributed by atoms with van der Waals surface area (Å²) in [6, 6.07) is 0. The molecule has 1 heterocycles. The lowest BCUT2D eigenvalue weighted by Crippen LogP contribution is -2.51. The van der Waals surface area contributed by atoms with Gasteiger partial charge < -0.3 is 9.84 Å². The van der Waals surface area contributed by atoms with Crippen molar-refractivity contribution in [3.05, 3.63) is 0 Å². The molecule has 96 valence electrons. The van der Waals surface area contributed by atoms with Crippen molar-refractivity contribution in [2.75, 3.05) is 13.2 Å². The molecule has 1 aliphatic rings. The fourth-order valence-corrected chi connectivity index (χ4v) is 1.81. The fraction of sp³-hybridized carbons (Fsp3) is 0.727. The number of hydrogen-bond donors (Lipinski definition) is 1. The van der Waals surface area contributed by atoms with Crippen LogP contribution in [0.1, 0.15) is 33.1 Å². The van der Waals surface area contributed by atoms with Gasteiger partial charge in [-0.1, -0.05) is 13.3 Å². The first-order valence-corrected chi connectivity index (χ1v) is 5.61. The number of ether oxygens (including phenoxy) is 1. The number of carbonyl (C=O) groups excluding carboxylic acids is 2. The third-order valence-electron chi connectivity index (χ3n) is 2.87. The summed E-state index contributed by atoms with van der Waals surface area (Å²) >= 11 is 0. The van der Waals surface area contributed by atoms with Crippen molar-refractivity contribution in [2.24, 2.45) is 0 Å². The average Bonchev–Trinajstić information content (AvgIpc) is 2.56. The van der Waals surface area contributed by atoms with Crippen molar-refractivity contribution in [1.82, 2.24) is 4.90 Å². The van der Waals surface area contributed by atoms with Gasteiger partial charge in [0.15, 0.2) is 5.78 Å². The monoisotopic (exact) mass is 243 g/mol. The lowest BCUT2D eigenvalue weighted by molar-refractivity contribution is -0.154. The van der Waals surface area contributed by atoms with Gasteiger partial charge in [0, 0.05) is 6.42 Å². The van der Waals surface area contributed by atoms with Gasteiger partial charge >= 0.3 is 12.1 Å². The van der Waals surface area contributed by atoms with Crippen molar-refractivity contribution in [2.45, 2.75) is 38.6 Å². The van der Waals surface area contributed by atoms with Crippen molar-refractivity contribution >= 4 is 17.8 Å². The maximum Gasteiger partial charge on any atom is 0.408 e. The lowest BCUT2D eigenvalue weighted by atomic mass is 9.99. The van der Waals surface area contributed by atoms with Crippen molar-refractivity contribution < 1.29 is 24.2 Å². The Hall–Kier alpha value is -1.59. The predicted molar refractivity (Wildman–Crippen MR) is 58.6 cm³/mol. The van der Waals surface area contributed by atoms with Crippen LogP contribution in [0.15, 0.2) is 0 Å². The number of rotatable bonds is 4. The van der Waals surface area contributed by atoms with Crippen LogP contribution in [0, 0.1) is 0 Å². The molecule has 0 radical (unpaired) electrons. The number of carboxylic acid groups (broad SMARTS) is 1. The molecule has 1 unspecified atom stereocenters. The van der Waals surface area contributed by atoms with Crippen LogP contribution >= 0.6 is 0 Å². The van der Waals surface area contributed by atoms with Gasteiger partial charge in [0.2, 0.25) is 0 Å². The summed E-state index contributed by atoms with van der Waals surface area (Å²) < 4.78 is 5.00. The predicted octanol–water partition coefficient (Wildman–Crippen LogP) is 1.04. The van der Waals surface area contributed by atoms with Crippen LogP contribution in [0.5, 0.6) is 0 Å². The molecule has 0 aliphatic carbocycles. The highest BCUT2D eigenvalue weighted by atomic mass is 16.5. The Bertz CT molecular complexity index is 341. The molecule has 1 amide bonds. The highest BCUT2D eigenvalue weighted by Crippen LogP contribution is 2.28. The fourth-order valence-electron chi connectivity index (χ4n) is 1.81. The zero-order valence-corrected chi connectivity index (χ0v) is 10.1. The Kier molecular flexibility index (Phi) is 4.09. The van der Waals surface area contributed by atoms with E-state index in [-0.39, 0.29) is 25.4 Å². The first-order chi connectivity index (χ1) is 7.91. The van der Waals surface area contributed by atoms with E-state index < -0.39 is 17.6 Å². The smallest absolute Gasteiger partial charge is 0.408 e. The average molecular weight is 243 g/mol. The molecule has 1 N–H and O–H groups in total. The number of unbranched alkanes of at least 4 members (excludes halogenated alkanes) is 1. The molecule has 0 spiro atoms. The second kappa shape index (κ2) is 5.16. The molecule has 0 aromatic heterocycles. The molecule has 1 atom stereocenters. The van der Waals surface area contributed by atoms with Gasteiger partial charge in [-0.15, -0.1) is 0 Å². The first-order valence-electron chi connectivity index (χ1n) is 5.61. The van der Waals surface area contributed by atoms with Crippen molar-refractivity contribution in [3.63, 3.8) is 0 Å². The number of nitrogens with zero attached hydrogens (tertiary/aromatic N) is 1.